The molecule has 0 saturated carbocycles. The highest BCUT2D eigenvalue weighted by molar-refractivity contribution is 7.99. The summed E-state index contributed by atoms with van der Waals surface area (Å²) in [4.78, 5) is 14.6. The van der Waals surface area contributed by atoms with Crippen LogP contribution in [0.2, 0.25) is 0 Å². The summed E-state index contributed by atoms with van der Waals surface area (Å²) in [7, 11) is 1.60. The molecule has 0 N–H and O–H groups in total. The van der Waals surface area contributed by atoms with Gasteiger partial charge in [-0.05, 0) is 39.6 Å². The Kier molecular flexibility index (Phi) is 4.93. The number of nitro groups is 1. The van der Waals surface area contributed by atoms with Gasteiger partial charge in [0.05, 0.1) is 12.8 Å². The maximum atomic E-state index is 11.0. The molecule has 0 atom stereocenters. The molecule has 0 saturated heterocycles. The molecule has 0 aliphatic heterocycles. The van der Waals surface area contributed by atoms with Crippen molar-refractivity contribution in [2.75, 3.05) is 12.9 Å². The fourth-order valence-electron chi connectivity index (χ4n) is 2.26. The lowest BCUT2D eigenvalue weighted by molar-refractivity contribution is -0.392. The SMILES string of the molecule is COc1ccc(-n2nnnc2SCCn2c([N+](=O)[O-])cnc2C)cc1. The standard InChI is InChI=1S/C14H15N7O3S/c1-10-15-9-13(21(22)23)19(10)7-8-25-14-16-17-18-20(14)11-3-5-12(24-2)6-4-11/h3-6,9H,7-8H2,1-2H3. The Hall–Kier alpha value is -2.95. The highest BCUT2D eigenvalue weighted by Crippen LogP contribution is 2.22. The van der Waals surface area contributed by atoms with E-state index in [1.807, 2.05) is 24.3 Å². The third-order valence-electron chi connectivity index (χ3n) is 3.53. The van der Waals surface area contributed by atoms with E-state index in [1.54, 1.807) is 23.3 Å². The summed E-state index contributed by atoms with van der Waals surface area (Å²) < 4.78 is 8.31. The van der Waals surface area contributed by atoms with Gasteiger partial charge >= 0.3 is 5.82 Å². The molecule has 0 unspecified atom stereocenters. The zero-order valence-corrected chi connectivity index (χ0v) is 14.4. The van der Waals surface area contributed by atoms with Gasteiger partial charge in [-0.2, -0.15) is 4.68 Å². The van der Waals surface area contributed by atoms with E-state index in [2.05, 4.69) is 20.5 Å². The van der Waals surface area contributed by atoms with Gasteiger partial charge in [-0.3, -0.25) is 0 Å². The van der Waals surface area contributed by atoms with Crippen LogP contribution < -0.4 is 4.74 Å². The number of imidazole rings is 1. The van der Waals surface area contributed by atoms with Gasteiger partial charge in [-0.1, -0.05) is 11.8 Å². The van der Waals surface area contributed by atoms with Crippen molar-refractivity contribution < 1.29 is 9.66 Å². The topological polar surface area (TPSA) is 114 Å². The molecule has 0 spiro atoms. The molecular weight excluding hydrogens is 346 g/mol. The number of nitrogens with zero attached hydrogens (tertiary/aromatic N) is 7. The molecule has 0 fully saturated rings. The maximum Gasteiger partial charge on any atom is 0.342 e. The van der Waals surface area contributed by atoms with Gasteiger partial charge in [0.25, 0.3) is 0 Å². The fraction of sp³-hybridized carbons (Fsp3) is 0.286. The predicted octanol–water partition coefficient (Wildman–Crippen LogP) is 1.88. The molecular formula is C14H15N7O3S. The molecule has 10 nitrogen and oxygen atoms in total. The number of ether oxygens (including phenoxy) is 1. The molecule has 1 aromatic carbocycles. The Morgan fingerprint density at radius 3 is 2.76 bits per heavy atom. The van der Waals surface area contributed by atoms with Crippen LogP contribution in [0, 0.1) is 17.0 Å². The van der Waals surface area contributed by atoms with Crippen molar-refractivity contribution in [1.29, 1.82) is 0 Å². The van der Waals surface area contributed by atoms with Crippen molar-refractivity contribution in [2.45, 2.75) is 18.6 Å². The molecule has 3 aromatic rings. The first-order valence-corrected chi connectivity index (χ1v) is 8.31. The smallest absolute Gasteiger partial charge is 0.342 e. The van der Waals surface area contributed by atoms with Gasteiger partial charge in [0.2, 0.25) is 5.16 Å². The van der Waals surface area contributed by atoms with Gasteiger partial charge in [0.15, 0.2) is 5.82 Å². The zero-order valence-electron chi connectivity index (χ0n) is 13.6. The highest BCUT2D eigenvalue weighted by Gasteiger charge is 2.17. The van der Waals surface area contributed by atoms with Gasteiger partial charge < -0.3 is 14.9 Å². The van der Waals surface area contributed by atoms with Crippen molar-refractivity contribution >= 4 is 17.6 Å². The summed E-state index contributed by atoms with van der Waals surface area (Å²) >= 11 is 1.41. The molecule has 0 aliphatic carbocycles. The monoisotopic (exact) mass is 361 g/mol. The van der Waals surface area contributed by atoms with Crippen molar-refractivity contribution in [3.8, 4) is 11.4 Å². The molecule has 0 aliphatic rings. The van der Waals surface area contributed by atoms with Crippen LogP contribution in [0.25, 0.3) is 5.69 Å². The Morgan fingerprint density at radius 2 is 2.08 bits per heavy atom. The van der Waals surface area contributed by atoms with Gasteiger partial charge in [0, 0.05) is 12.7 Å². The summed E-state index contributed by atoms with van der Waals surface area (Å²) in [6, 6.07) is 7.35. The molecule has 0 amide bonds. The quantitative estimate of drug-likeness (QED) is 0.356. The van der Waals surface area contributed by atoms with E-state index >= 15 is 0 Å². The summed E-state index contributed by atoms with van der Waals surface area (Å²) in [5.41, 5.74) is 0.804. The number of tetrazole rings is 1. The minimum absolute atomic E-state index is 0.0205. The Balaban J connectivity index is 1.70. The number of hydrogen-bond acceptors (Lipinski definition) is 8. The van der Waals surface area contributed by atoms with E-state index in [0.717, 1.165) is 11.4 Å². The molecule has 0 bridgehead atoms. The summed E-state index contributed by atoms with van der Waals surface area (Å²) in [5.74, 6) is 1.89. The largest absolute Gasteiger partial charge is 0.497 e. The first kappa shape index (κ1) is 16.9. The number of rotatable bonds is 7. The second-order valence-corrected chi connectivity index (χ2v) is 6.05. The summed E-state index contributed by atoms with van der Waals surface area (Å²) in [6.45, 7) is 2.17. The third kappa shape index (κ3) is 3.60. The highest BCUT2D eigenvalue weighted by atomic mass is 32.2. The van der Waals surface area contributed by atoms with Gasteiger partial charge in [-0.15, -0.1) is 5.10 Å². The second-order valence-electron chi connectivity index (χ2n) is 4.99. The number of benzene rings is 1. The number of hydrogen-bond donors (Lipinski definition) is 0. The van der Waals surface area contributed by atoms with Gasteiger partial charge in [0.1, 0.15) is 18.5 Å². The van der Waals surface area contributed by atoms with Crippen LogP contribution in [0.15, 0.2) is 35.6 Å². The zero-order chi connectivity index (χ0) is 17.8. The van der Waals surface area contributed by atoms with Crippen LogP contribution in [-0.4, -0.2) is 47.5 Å². The molecule has 2 heterocycles. The summed E-state index contributed by atoms with van der Waals surface area (Å²) in [5, 5.41) is 23.3. The minimum Gasteiger partial charge on any atom is -0.497 e. The molecule has 25 heavy (non-hydrogen) atoms. The van der Waals surface area contributed by atoms with E-state index in [0.29, 0.717) is 23.3 Å². The first-order valence-electron chi connectivity index (χ1n) is 7.32. The van der Waals surface area contributed by atoms with Crippen LogP contribution in [0.3, 0.4) is 0 Å². The van der Waals surface area contributed by atoms with Gasteiger partial charge in [-0.25, -0.2) is 9.55 Å². The normalized spacial score (nSPS) is 10.8. The Morgan fingerprint density at radius 1 is 1.32 bits per heavy atom. The van der Waals surface area contributed by atoms with Crippen LogP contribution in [0.4, 0.5) is 5.82 Å². The average Bonchev–Trinajstić information content (AvgIpc) is 3.22. The van der Waals surface area contributed by atoms with Crippen LogP contribution in [0.5, 0.6) is 5.75 Å². The lowest BCUT2D eigenvalue weighted by Gasteiger charge is -2.06. The number of aryl methyl sites for hydroxylation is 1. The number of methoxy groups -OCH3 is 1. The van der Waals surface area contributed by atoms with Crippen molar-refractivity contribution in [3.05, 3.63) is 46.4 Å². The van der Waals surface area contributed by atoms with Crippen LogP contribution in [-0.2, 0) is 6.54 Å². The predicted molar refractivity (Wildman–Crippen MR) is 90.0 cm³/mol. The maximum absolute atomic E-state index is 11.0. The van der Waals surface area contributed by atoms with E-state index in [9.17, 15) is 10.1 Å². The van der Waals surface area contributed by atoms with Crippen molar-refractivity contribution in [2.24, 2.45) is 0 Å². The lowest BCUT2D eigenvalue weighted by atomic mass is 10.3. The number of aromatic nitrogens is 6. The van der Waals surface area contributed by atoms with E-state index in [1.165, 1.54) is 18.0 Å². The molecule has 11 heteroatoms. The first-order chi connectivity index (χ1) is 12.1. The van der Waals surface area contributed by atoms with Crippen LogP contribution in [0.1, 0.15) is 5.82 Å². The van der Waals surface area contributed by atoms with E-state index in [-0.39, 0.29) is 5.82 Å². The Bertz CT molecular complexity index is 875. The van der Waals surface area contributed by atoms with Crippen molar-refractivity contribution in [3.63, 3.8) is 0 Å². The Labute approximate surface area is 147 Å². The third-order valence-corrected chi connectivity index (χ3v) is 4.42. The minimum atomic E-state index is -0.438. The molecule has 0 radical (unpaired) electrons. The fourth-order valence-corrected chi connectivity index (χ4v) is 3.08. The van der Waals surface area contributed by atoms with E-state index in [4.69, 9.17) is 4.74 Å². The lowest BCUT2D eigenvalue weighted by Crippen LogP contribution is -2.07. The summed E-state index contributed by atoms with van der Waals surface area (Å²) in [6.07, 6.45) is 1.27. The van der Waals surface area contributed by atoms with E-state index < -0.39 is 4.92 Å². The molecule has 3 rings (SSSR count). The second kappa shape index (κ2) is 7.30. The van der Waals surface area contributed by atoms with Crippen LogP contribution >= 0.6 is 11.8 Å². The molecule has 130 valence electrons. The average molecular weight is 361 g/mol. The van der Waals surface area contributed by atoms with Crippen molar-refractivity contribution in [1.82, 2.24) is 29.8 Å². The molecule has 2 aromatic heterocycles. The number of thioether (sulfide) groups is 1.